The normalized spacial score (nSPS) is 12.2. The summed E-state index contributed by atoms with van der Waals surface area (Å²) in [5, 5.41) is -0.171. The molecule has 0 aliphatic heterocycles. The molecule has 0 bridgehead atoms. The van der Waals surface area contributed by atoms with Gasteiger partial charge in [0.2, 0.25) is 5.95 Å². The van der Waals surface area contributed by atoms with Crippen molar-refractivity contribution < 1.29 is 35.5 Å². The van der Waals surface area contributed by atoms with Crippen LogP contribution in [0.3, 0.4) is 0 Å². The molecule has 8 nitrogen and oxygen atoms in total. The van der Waals surface area contributed by atoms with E-state index in [1.165, 1.54) is 12.1 Å². The summed E-state index contributed by atoms with van der Waals surface area (Å²) >= 11 is 5.67. The number of hydrogen-bond acceptors (Lipinski definition) is 6. The summed E-state index contributed by atoms with van der Waals surface area (Å²) in [5.41, 5.74) is -0.118. The molecule has 3 rings (SSSR count). The van der Waals surface area contributed by atoms with Gasteiger partial charge in [-0.15, -0.1) is 0 Å². The largest absolute Gasteiger partial charge is 0.478 e. The standard InChI is InChI=1S/C15H11ClF4N4O4S/c1-27-13-9(28-6-15(18,19)20)4-22-14(23-13)24-29(25,26)10-5-21-12-7(10)2-3-8(16)11(12)17/h2-5,21H,6H2,1H3,(H,22,23,24). The Kier molecular flexibility index (Phi) is 5.45. The maximum atomic E-state index is 14.0. The molecule has 0 aliphatic carbocycles. The molecule has 3 aromatic rings. The minimum atomic E-state index is -4.60. The van der Waals surface area contributed by atoms with Crippen LogP contribution in [0.4, 0.5) is 23.5 Å². The molecule has 29 heavy (non-hydrogen) atoms. The van der Waals surface area contributed by atoms with Crippen molar-refractivity contribution in [3.05, 3.63) is 35.4 Å². The van der Waals surface area contributed by atoms with Crippen LogP contribution in [-0.4, -0.2) is 43.3 Å². The van der Waals surface area contributed by atoms with Gasteiger partial charge in [0, 0.05) is 11.6 Å². The maximum absolute atomic E-state index is 14.0. The Bertz CT molecular complexity index is 1170. The van der Waals surface area contributed by atoms with Crippen LogP contribution in [0.1, 0.15) is 0 Å². The van der Waals surface area contributed by atoms with E-state index in [2.05, 4.69) is 19.7 Å². The summed E-state index contributed by atoms with van der Waals surface area (Å²) in [6, 6.07) is 2.50. The van der Waals surface area contributed by atoms with Gasteiger partial charge in [-0.25, -0.2) is 22.5 Å². The molecule has 0 atom stereocenters. The lowest BCUT2D eigenvalue weighted by molar-refractivity contribution is -0.153. The Morgan fingerprint density at radius 1 is 1.31 bits per heavy atom. The highest BCUT2D eigenvalue weighted by atomic mass is 35.5. The van der Waals surface area contributed by atoms with Crippen molar-refractivity contribution in [3.8, 4) is 11.6 Å². The summed E-state index contributed by atoms with van der Waals surface area (Å²) in [5.74, 6) is -2.17. The number of halogens is 5. The first-order chi connectivity index (χ1) is 13.5. The molecule has 0 amide bonds. The van der Waals surface area contributed by atoms with Crippen LogP contribution in [0.5, 0.6) is 11.6 Å². The number of hydrogen-bond donors (Lipinski definition) is 2. The van der Waals surface area contributed by atoms with Gasteiger partial charge in [0.25, 0.3) is 15.9 Å². The smallest absolute Gasteiger partial charge is 0.422 e. The zero-order valence-corrected chi connectivity index (χ0v) is 15.9. The van der Waals surface area contributed by atoms with Crippen molar-refractivity contribution in [3.63, 3.8) is 0 Å². The van der Waals surface area contributed by atoms with E-state index in [1.807, 2.05) is 4.72 Å². The van der Waals surface area contributed by atoms with Gasteiger partial charge < -0.3 is 14.5 Å². The third kappa shape index (κ3) is 4.45. The Labute approximate surface area is 165 Å². The van der Waals surface area contributed by atoms with Gasteiger partial charge in [-0.05, 0) is 12.1 Å². The molecule has 0 saturated heterocycles. The molecular formula is C15H11ClF4N4O4S. The van der Waals surface area contributed by atoms with Crippen LogP contribution in [0.25, 0.3) is 10.9 Å². The fourth-order valence-electron chi connectivity index (χ4n) is 2.32. The average molecular weight is 455 g/mol. The summed E-state index contributed by atoms with van der Waals surface area (Å²) in [6.07, 6.45) is -2.73. The molecule has 0 spiro atoms. The van der Waals surface area contributed by atoms with Gasteiger partial charge in [0.05, 0.1) is 23.8 Å². The molecule has 0 fully saturated rings. The lowest BCUT2D eigenvalue weighted by Gasteiger charge is -2.12. The number of nitrogens with zero attached hydrogens (tertiary/aromatic N) is 2. The number of benzene rings is 1. The second-order valence-electron chi connectivity index (χ2n) is 5.51. The third-order valence-electron chi connectivity index (χ3n) is 3.53. The van der Waals surface area contributed by atoms with Crippen LogP contribution in [0, 0.1) is 5.82 Å². The first kappa shape index (κ1) is 20.9. The van der Waals surface area contributed by atoms with Crippen molar-refractivity contribution in [2.45, 2.75) is 11.1 Å². The van der Waals surface area contributed by atoms with Gasteiger partial charge in [-0.2, -0.15) is 18.2 Å². The maximum Gasteiger partial charge on any atom is 0.422 e. The number of methoxy groups -OCH3 is 1. The van der Waals surface area contributed by atoms with Gasteiger partial charge in [-0.3, -0.25) is 0 Å². The SMILES string of the molecule is COc1nc(NS(=O)(=O)c2c[nH]c3c(F)c(Cl)ccc23)ncc1OCC(F)(F)F. The van der Waals surface area contributed by atoms with Crippen molar-refractivity contribution >= 4 is 38.5 Å². The lowest BCUT2D eigenvalue weighted by atomic mass is 10.2. The number of aromatic nitrogens is 3. The second kappa shape index (κ2) is 7.55. The molecule has 0 aliphatic rings. The molecule has 2 heterocycles. The van der Waals surface area contributed by atoms with E-state index in [-0.39, 0.29) is 20.8 Å². The Morgan fingerprint density at radius 3 is 2.69 bits per heavy atom. The molecule has 0 radical (unpaired) electrons. The summed E-state index contributed by atoms with van der Waals surface area (Å²) in [7, 11) is -3.19. The zero-order chi connectivity index (χ0) is 21.4. The van der Waals surface area contributed by atoms with Crippen molar-refractivity contribution in [1.82, 2.24) is 15.0 Å². The molecule has 14 heteroatoms. The van der Waals surface area contributed by atoms with Crippen LogP contribution in [-0.2, 0) is 10.0 Å². The van der Waals surface area contributed by atoms with E-state index in [9.17, 15) is 26.0 Å². The number of rotatable bonds is 6. The van der Waals surface area contributed by atoms with Crippen molar-refractivity contribution in [2.24, 2.45) is 0 Å². The summed E-state index contributed by atoms with van der Waals surface area (Å²) in [4.78, 5) is 9.46. The summed E-state index contributed by atoms with van der Waals surface area (Å²) in [6.45, 7) is -1.61. The minimum absolute atomic E-state index is 0.0245. The highest BCUT2D eigenvalue weighted by Crippen LogP contribution is 2.31. The van der Waals surface area contributed by atoms with Gasteiger partial charge in [-0.1, -0.05) is 11.6 Å². The van der Waals surface area contributed by atoms with Crippen LogP contribution in [0.15, 0.2) is 29.4 Å². The van der Waals surface area contributed by atoms with Crippen LogP contribution < -0.4 is 14.2 Å². The Morgan fingerprint density at radius 2 is 2.03 bits per heavy atom. The molecule has 2 aromatic heterocycles. The number of nitrogens with one attached hydrogen (secondary N) is 2. The predicted molar refractivity (Wildman–Crippen MR) is 94.2 cm³/mol. The number of anilines is 1. The number of fused-ring (bicyclic) bond motifs is 1. The molecule has 156 valence electrons. The van der Waals surface area contributed by atoms with E-state index in [1.54, 1.807) is 0 Å². The average Bonchev–Trinajstić information content (AvgIpc) is 3.08. The Balaban J connectivity index is 1.90. The van der Waals surface area contributed by atoms with Crippen molar-refractivity contribution in [1.29, 1.82) is 0 Å². The number of sulfonamides is 1. The van der Waals surface area contributed by atoms with Gasteiger partial charge in [0.15, 0.2) is 18.2 Å². The van der Waals surface area contributed by atoms with Crippen LogP contribution >= 0.6 is 11.6 Å². The lowest BCUT2D eigenvalue weighted by Crippen LogP contribution is -2.20. The predicted octanol–water partition coefficient (Wildman–Crippen LogP) is 3.50. The zero-order valence-electron chi connectivity index (χ0n) is 14.3. The molecule has 1 aromatic carbocycles. The fraction of sp³-hybridized carbons (Fsp3) is 0.200. The molecular weight excluding hydrogens is 444 g/mol. The molecule has 0 unspecified atom stereocenters. The van der Waals surface area contributed by atoms with Crippen LogP contribution in [0.2, 0.25) is 5.02 Å². The second-order valence-corrected chi connectivity index (χ2v) is 7.57. The topological polar surface area (TPSA) is 106 Å². The van der Waals surface area contributed by atoms with Crippen molar-refractivity contribution in [2.75, 3.05) is 18.4 Å². The minimum Gasteiger partial charge on any atom is -0.478 e. The van der Waals surface area contributed by atoms with E-state index >= 15 is 0 Å². The first-order valence-electron chi connectivity index (χ1n) is 7.60. The number of aromatic amines is 1. The molecule has 0 saturated carbocycles. The highest BCUT2D eigenvalue weighted by Gasteiger charge is 2.29. The first-order valence-corrected chi connectivity index (χ1v) is 9.46. The van der Waals surface area contributed by atoms with E-state index in [0.29, 0.717) is 0 Å². The van der Waals surface area contributed by atoms with E-state index < -0.39 is 46.2 Å². The monoisotopic (exact) mass is 454 g/mol. The van der Waals surface area contributed by atoms with E-state index in [0.717, 1.165) is 19.5 Å². The third-order valence-corrected chi connectivity index (χ3v) is 5.19. The fourth-order valence-corrected chi connectivity index (χ4v) is 3.60. The number of alkyl halides is 3. The van der Waals surface area contributed by atoms with Gasteiger partial charge in [0.1, 0.15) is 4.90 Å². The Hall–Kier alpha value is -2.80. The van der Waals surface area contributed by atoms with Gasteiger partial charge >= 0.3 is 6.18 Å². The highest BCUT2D eigenvalue weighted by molar-refractivity contribution is 7.93. The quantitative estimate of drug-likeness (QED) is 0.552. The number of ether oxygens (including phenoxy) is 2. The summed E-state index contributed by atoms with van der Waals surface area (Å²) < 4.78 is 87.5. The number of H-pyrrole nitrogens is 1. The molecule has 2 N–H and O–H groups in total. The van der Waals surface area contributed by atoms with E-state index in [4.69, 9.17) is 16.3 Å².